The molecule has 0 saturated carbocycles. The first-order chi connectivity index (χ1) is 5.22. The smallest absolute Gasteiger partial charge is 0.0690 e. The summed E-state index contributed by atoms with van der Waals surface area (Å²) in [5.74, 6) is 0. The zero-order valence-corrected chi connectivity index (χ0v) is 10.2. The Balaban J connectivity index is 2.77. The monoisotopic (exact) mass is 342 g/mol. The molecule has 0 aliphatic heterocycles. The molecule has 0 atom stereocenters. The van der Waals surface area contributed by atoms with Crippen molar-refractivity contribution in [3.05, 3.63) is 30.3 Å². The Bertz CT molecular complexity index is 214. The lowest BCUT2D eigenvalue weighted by molar-refractivity contribution is 0.886. The number of para-hydroxylation sites is 1. The van der Waals surface area contributed by atoms with Gasteiger partial charge >= 0.3 is 0 Å². The van der Waals surface area contributed by atoms with Gasteiger partial charge in [-0.05, 0) is 12.1 Å². The number of halogens is 3. The van der Waals surface area contributed by atoms with Crippen molar-refractivity contribution >= 4 is 54.1 Å². The van der Waals surface area contributed by atoms with E-state index in [9.17, 15) is 0 Å². The third-order valence-corrected chi connectivity index (χ3v) is 3.31. The fourth-order valence-electron chi connectivity index (χ4n) is 0.638. The fourth-order valence-corrected chi connectivity index (χ4v) is 1.24. The molecular formula is C6H5Br3N2. The molecule has 0 aliphatic carbocycles. The summed E-state index contributed by atoms with van der Waals surface area (Å²) in [5.41, 5.74) is 1.03. The van der Waals surface area contributed by atoms with Crippen molar-refractivity contribution in [2.45, 2.75) is 0 Å². The van der Waals surface area contributed by atoms with Crippen LogP contribution in [-0.2, 0) is 0 Å². The van der Waals surface area contributed by atoms with Crippen LogP contribution in [0.5, 0.6) is 0 Å². The van der Waals surface area contributed by atoms with Crippen molar-refractivity contribution in [1.29, 1.82) is 0 Å². The quantitative estimate of drug-likeness (QED) is 0.597. The van der Waals surface area contributed by atoms with Crippen LogP contribution in [0, 0.1) is 0 Å². The summed E-state index contributed by atoms with van der Waals surface area (Å²) in [5, 5.41) is 0. The van der Waals surface area contributed by atoms with Gasteiger partial charge in [0.2, 0.25) is 0 Å². The molecule has 1 aromatic rings. The molecule has 11 heavy (non-hydrogen) atoms. The van der Waals surface area contributed by atoms with Crippen molar-refractivity contribution in [1.82, 2.24) is 3.06 Å². The minimum atomic E-state index is 1.03. The Labute approximate surface area is 91.2 Å². The van der Waals surface area contributed by atoms with Crippen molar-refractivity contribution < 1.29 is 0 Å². The maximum Gasteiger partial charge on any atom is 0.0690 e. The SMILES string of the molecule is BrN(Br)N(Br)c1ccccc1. The zero-order chi connectivity index (χ0) is 8.27. The Morgan fingerprint density at radius 3 is 1.91 bits per heavy atom. The van der Waals surface area contributed by atoms with Gasteiger partial charge in [0.1, 0.15) is 0 Å². The fraction of sp³-hybridized carbons (Fsp3) is 0. The molecule has 0 radical (unpaired) electrons. The summed E-state index contributed by atoms with van der Waals surface area (Å²) in [7, 11) is 0. The molecule has 60 valence electrons. The third-order valence-electron chi connectivity index (χ3n) is 1.10. The van der Waals surface area contributed by atoms with Gasteiger partial charge < -0.3 is 0 Å². The summed E-state index contributed by atoms with van der Waals surface area (Å²) in [6.45, 7) is 0. The van der Waals surface area contributed by atoms with Gasteiger partial charge in [0.15, 0.2) is 0 Å². The predicted molar refractivity (Wildman–Crippen MR) is 57.5 cm³/mol. The Morgan fingerprint density at radius 2 is 1.45 bits per heavy atom. The van der Waals surface area contributed by atoms with Gasteiger partial charge in [-0.2, -0.15) is 0 Å². The average molecular weight is 345 g/mol. The van der Waals surface area contributed by atoms with Crippen LogP contribution in [0.4, 0.5) is 5.69 Å². The number of nitrogens with zero attached hydrogens (tertiary/aromatic N) is 2. The molecule has 5 heteroatoms. The molecule has 0 aliphatic rings. The van der Waals surface area contributed by atoms with Crippen molar-refractivity contribution in [2.24, 2.45) is 0 Å². The zero-order valence-electron chi connectivity index (χ0n) is 5.42. The number of hydrogen-bond acceptors (Lipinski definition) is 2. The van der Waals surface area contributed by atoms with Gasteiger partial charge in [-0.15, -0.1) is 0 Å². The molecule has 1 aromatic carbocycles. The van der Waals surface area contributed by atoms with Crippen LogP contribution in [0.1, 0.15) is 0 Å². The van der Waals surface area contributed by atoms with Gasteiger partial charge in [0.05, 0.1) is 21.8 Å². The van der Waals surface area contributed by atoms with Gasteiger partial charge in [-0.1, -0.05) is 21.3 Å². The minimum Gasteiger partial charge on any atom is -0.219 e. The number of anilines is 1. The molecule has 0 unspecified atom stereocenters. The molecule has 0 heterocycles. The van der Waals surface area contributed by atoms with E-state index in [4.69, 9.17) is 0 Å². The van der Waals surface area contributed by atoms with E-state index in [0.29, 0.717) is 0 Å². The van der Waals surface area contributed by atoms with Crippen molar-refractivity contribution in [3.63, 3.8) is 0 Å². The summed E-state index contributed by atoms with van der Waals surface area (Å²) in [6.07, 6.45) is 0. The van der Waals surface area contributed by atoms with Gasteiger partial charge in [-0.25, -0.2) is 4.03 Å². The molecule has 2 nitrogen and oxygen atoms in total. The lowest BCUT2D eigenvalue weighted by Gasteiger charge is -2.18. The second kappa shape index (κ2) is 4.45. The number of hydrogen-bond donors (Lipinski definition) is 0. The Hall–Kier alpha value is 0.420. The van der Waals surface area contributed by atoms with Crippen molar-refractivity contribution in [2.75, 3.05) is 4.03 Å². The predicted octanol–water partition coefficient (Wildman–Crippen LogP) is 3.64. The first-order valence-electron chi connectivity index (χ1n) is 2.84. The number of benzene rings is 1. The molecule has 0 N–H and O–H groups in total. The number of hydrazine groups is 1. The lowest BCUT2D eigenvalue weighted by atomic mass is 10.3. The maximum absolute atomic E-state index is 3.32. The molecule has 0 fully saturated rings. The first-order valence-corrected chi connectivity index (χ1v) is 4.97. The molecule has 1 rings (SSSR count). The molecule has 0 aromatic heterocycles. The highest BCUT2D eigenvalue weighted by Gasteiger charge is 2.05. The van der Waals surface area contributed by atoms with Crippen molar-refractivity contribution in [3.8, 4) is 0 Å². The van der Waals surface area contributed by atoms with Gasteiger partial charge in [-0.3, -0.25) is 0 Å². The van der Waals surface area contributed by atoms with E-state index < -0.39 is 0 Å². The summed E-state index contributed by atoms with van der Waals surface area (Å²) in [6, 6.07) is 9.85. The van der Waals surface area contributed by atoms with E-state index in [1.165, 1.54) is 0 Å². The lowest BCUT2D eigenvalue weighted by Crippen LogP contribution is -2.15. The molecular weight excluding hydrogens is 340 g/mol. The molecule has 0 saturated heterocycles. The average Bonchev–Trinajstić information content (AvgIpc) is 2.05. The van der Waals surface area contributed by atoms with Gasteiger partial charge in [0, 0.05) is 32.3 Å². The highest BCUT2D eigenvalue weighted by Crippen LogP contribution is 2.24. The van der Waals surface area contributed by atoms with E-state index in [1.54, 1.807) is 7.10 Å². The molecule has 0 bridgehead atoms. The highest BCUT2D eigenvalue weighted by atomic mass is 79.9. The third kappa shape index (κ3) is 2.74. The second-order valence-corrected chi connectivity index (χ2v) is 4.78. The molecule has 0 amide bonds. The normalized spacial score (nSPS) is 10.2. The van der Waals surface area contributed by atoms with E-state index >= 15 is 0 Å². The van der Waals surface area contributed by atoms with E-state index in [1.807, 2.05) is 30.3 Å². The molecule has 0 spiro atoms. The topological polar surface area (TPSA) is 6.48 Å². The second-order valence-electron chi connectivity index (χ2n) is 1.81. The van der Waals surface area contributed by atoms with Crippen LogP contribution in [-0.4, -0.2) is 3.06 Å². The van der Waals surface area contributed by atoms with E-state index in [2.05, 4.69) is 48.4 Å². The highest BCUT2D eigenvalue weighted by molar-refractivity contribution is 9.21. The van der Waals surface area contributed by atoms with Crippen LogP contribution in [0.25, 0.3) is 0 Å². The van der Waals surface area contributed by atoms with Crippen LogP contribution in [0.2, 0.25) is 0 Å². The van der Waals surface area contributed by atoms with Crippen LogP contribution in [0.3, 0.4) is 0 Å². The van der Waals surface area contributed by atoms with Gasteiger partial charge in [0.25, 0.3) is 0 Å². The Morgan fingerprint density at radius 1 is 0.909 bits per heavy atom. The largest absolute Gasteiger partial charge is 0.219 e. The van der Waals surface area contributed by atoms with Crippen LogP contribution >= 0.6 is 48.4 Å². The Kier molecular flexibility index (Phi) is 3.84. The maximum atomic E-state index is 3.32. The van der Waals surface area contributed by atoms with E-state index in [0.717, 1.165) is 5.69 Å². The first kappa shape index (κ1) is 9.51. The summed E-state index contributed by atoms with van der Waals surface area (Å²) < 4.78 is 3.31. The summed E-state index contributed by atoms with van der Waals surface area (Å²) in [4.78, 5) is 0. The van der Waals surface area contributed by atoms with Crippen LogP contribution in [0.15, 0.2) is 30.3 Å². The summed E-state index contributed by atoms with van der Waals surface area (Å²) >= 11 is 9.73. The van der Waals surface area contributed by atoms with Crippen LogP contribution < -0.4 is 4.03 Å². The minimum absolute atomic E-state index is 1.03. The standard InChI is InChI=1S/C6H5Br3N2/c7-10(11(8)9)6-4-2-1-3-5-6/h1-5H. The number of rotatable bonds is 2. The van der Waals surface area contributed by atoms with E-state index in [-0.39, 0.29) is 0 Å².